The van der Waals surface area contributed by atoms with Crippen LogP contribution in [-0.4, -0.2) is 42.1 Å². The predicted molar refractivity (Wildman–Crippen MR) is 101 cm³/mol. The standard InChI is InChI=1S/C19H19N3O2S/c1-12-2-4-13(5-3-12)15-7-6-14-16(20)17(25-18(14)21-15)19(23)22-8-10-24-11-9-22/h2-7H,8-11,20H2,1H3. The smallest absolute Gasteiger partial charge is 0.266 e. The molecule has 0 atom stereocenters. The van der Waals surface area contributed by atoms with Gasteiger partial charge in [-0.2, -0.15) is 0 Å². The first kappa shape index (κ1) is 16.1. The normalized spacial score (nSPS) is 14.8. The van der Waals surface area contributed by atoms with Crippen molar-refractivity contribution in [2.24, 2.45) is 0 Å². The molecular weight excluding hydrogens is 334 g/mol. The summed E-state index contributed by atoms with van der Waals surface area (Å²) in [5.74, 6) is -0.0271. The van der Waals surface area contributed by atoms with Crippen LogP contribution in [0.3, 0.4) is 0 Å². The van der Waals surface area contributed by atoms with Crippen LogP contribution in [-0.2, 0) is 4.74 Å². The number of morpholine rings is 1. The van der Waals surface area contributed by atoms with E-state index in [1.165, 1.54) is 16.9 Å². The average molecular weight is 353 g/mol. The lowest BCUT2D eigenvalue weighted by atomic mass is 10.1. The lowest BCUT2D eigenvalue weighted by Crippen LogP contribution is -2.40. The van der Waals surface area contributed by atoms with Gasteiger partial charge in [-0.1, -0.05) is 29.8 Å². The van der Waals surface area contributed by atoms with E-state index in [1.54, 1.807) is 4.90 Å². The Labute approximate surface area is 150 Å². The fourth-order valence-electron chi connectivity index (χ4n) is 2.95. The topological polar surface area (TPSA) is 68.5 Å². The van der Waals surface area contributed by atoms with E-state index in [0.29, 0.717) is 36.9 Å². The van der Waals surface area contributed by atoms with Crippen molar-refractivity contribution in [3.8, 4) is 11.3 Å². The molecule has 0 radical (unpaired) electrons. The number of amides is 1. The van der Waals surface area contributed by atoms with E-state index in [4.69, 9.17) is 15.5 Å². The van der Waals surface area contributed by atoms with Crippen molar-refractivity contribution in [1.29, 1.82) is 0 Å². The molecule has 1 amide bonds. The maximum absolute atomic E-state index is 12.8. The second kappa shape index (κ2) is 6.46. The number of pyridine rings is 1. The van der Waals surface area contributed by atoms with Gasteiger partial charge in [0.15, 0.2) is 0 Å². The Hall–Kier alpha value is -2.44. The highest BCUT2D eigenvalue weighted by atomic mass is 32.1. The number of rotatable bonds is 2. The van der Waals surface area contributed by atoms with Crippen LogP contribution in [0.15, 0.2) is 36.4 Å². The minimum atomic E-state index is -0.0271. The van der Waals surface area contributed by atoms with Gasteiger partial charge in [0, 0.05) is 24.0 Å². The highest BCUT2D eigenvalue weighted by Gasteiger charge is 2.24. The number of ether oxygens (including phenoxy) is 1. The Morgan fingerprint density at radius 2 is 1.88 bits per heavy atom. The number of thiophene rings is 1. The molecule has 1 fully saturated rings. The maximum atomic E-state index is 12.8. The SMILES string of the molecule is Cc1ccc(-c2ccc3c(N)c(C(=O)N4CCOCC4)sc3n2)cc1. The van der Waals surface area contributed by atoms with Crippen LogP contribution < -0.4 is 5.73 Å². The van der Waals surface area contributed by atoms with Crippen molar-refractivity contribution >= 4 is 33.1 Å². The van der Waals surface area contributed by atoms with E-state index in [0.717, 1.165) is 21.5 Å². The van der Waals surface area contributed by atoms with Gasteiger partial charge < -0.3 is 15.4 Å². The first-order chi connectivity index (χ1) is 12.1. The second-order valence-corrected chi connectivity index (χ2v) is 7.16. The maximum Gasteiger partial charge on any atom is 0.266 e. The Balaban J connectivity index is 1.71. The molecule has 0 aliphatic carbocycles. The minimum absolute atomic E-state index is 0.0271. The molecule has 25 heavy (non-hydrogen) atoms. The van der Waals surface area contributed by atoms with Crippen molar-refractivity contribution in [3.63, 3.8) is 0 Å². The van der Waals surface area contributed by atoms with Crippen LogP contribution in [0.4, 0.5) is 5.69 Å². The van der Waals surface area contributed by atoms with E-state index in [-0.39, 0.29) is 5.91 Å². The van der Waals surface area contributed by atoms with Crippen LogP contribution in [0.5, 0.6) is 0 Å². The third-order valence-electron chi connectivity index (χ3n) is 4.43. The van der Waals surface area contributed by atoms with Crippen LogP contribution in [0.25, 0.3) is 21.5 Å². The molecule has 0 saturated carbocycles. The molecule has 3 aromatic rings. The van der Waals surface area contributed by atoms with E-state index in [9.17, 15) is 4.79 Å². The molecule has 0 unspecified atom stereocenters. The largest absolute Gasteiger partial charge is 0.397 e. The molecular formula is C19H19N3O2S. The third-order valence-corrected chi connectivity index (χ3v) is 5.54. The fourth-order valence-corrected chi connectivity index (χ4v) is 4.01. The monoisotopic (exact) mass is 353 g/mol. The molecule has 2 N–H and O–H groups in total. The van der Waals surface area contributed by atoms with Crippen molar-refractivity contribution in [3.05, 3.63) is 46.8 Å². The summed E-state index contributed by atoms with van der Waals surface area (Å²) in [6.45, 7) is 4.42. The molecule has 3 heterocycles. The van der Waals surface area contributed by atoms with Gasteiger partial charge in [0.05, 0.1) is 24.6 Å². The Morgan fingerprint density at radius 3 is 2.60 bits per heavy atom. The number of nitrogens with zero attached hydrogens (tertiary/aromatic N) is 2. The predicted octanol–water partition coefficient (Wildman–Crippen LogP) is 3.33. The number of fused-ring (bicyclic) bond motifs is 1. The molecule has 6 heteroatoms. The molecule has 128 valence electrons. The zero-order valence-corrected chi connectivity index (χ0v) is 14.8. The first-order valence-corrected chi connectivity index (χ1v) is 9.08. The molecule has 1 aliphatic rings. The number of aryl methyl sites for hydroxylation is 1. The van der Waals surface area contributed by atoms with E-state index >= 15 is 0 Å². The lowest BCUT2D eigenvalue weighted by molar-refractivity contribution is 0.0307. The van der Waals surface area contributed by atoms with Crippen molar-refractivity contribution in [2.75, 3.05) is 32.0 Å². The summed E-state index contributed by atoms with van der Waals surface area (Å²) in [5.41, 5.74) is 9.93. The average Bonchev–Trinajstić information content (AvgIpc) is 2.98. The summed E-state index contributed by atoms with van der Waals surface area (Å²) < 4.78 is 5.31. The van der Waals surface area contributed by atoms with Crippen molar-refractivity contribution < 1.29 is 9.53 Å². The van der Waals surface area contributed by atoms with Gasteiger partial charge in [-0.15, -0.1) is 11.3 Å². The minimum Gasteiger partial charge on any atom is -0.397 e. The van der Waals surface area contributed by atoms with E-state index in [1.807, 2.05) is 12.1 Å². The van der Waals surface area contributed by atoms with E-state index < -0.39 is 0 Å². The van der Waals surface area contributed by atoms with Gasteiger partial charge in [-0.25, -0.2) is 4.98 Å². The zero-order chi connectivity index (χ0) is 17.4. The summed E-state index contributed by atoms with van der Waals surface area (Å²) >= 11 is 1.37. The van der Waals surface area contributed by atoms with Crippen LogP contribution >= 0.6 is 11.3 Å². The molecule has 1 aromatic carbocycles. The second-order valence-electron chi connectivity index (χ2n) is 6.16. The highest BCUT2D eigenvalue weighted by molar-refractivity contribution is 7.21. The summed E-state index contributed by atoms with van der Waals surface area (Å²) in [4.78, 5) is 20.7. The van der Waals surface area contributed by atoms with Gasteiger partial charge in [0.25, 0.3) is 5.91 Å². The fraction of sp³-hybridized carbons (Fsp3) is 0.263. The molecule has 0 spiro atoms. The number of hydrogen-bond acceptors (Lipinski definition) is 5. The Bertz CT molecular complexity index is 928. The van der Waals surface area contributed by atoms with Gasteiger partial charge in [0.2, 0.25) is 0 Å². The Kier molecular flexibility index (Phi) is 4.15. The van der Waals surface area contributed by atoms with Crippen molar-refractivity contribution in [1.82, 2.24) is 9.88 Å². The summed E-state index contributed by atoms with van der Waals surface area (Å²) in [5, 5.41) is 0.845. The molecule has 0 bridgehead atoms. The third kappa shape index (κ3) is 2.99. The summed E-state index contributed by atoms with van der Waals surface area (Å²) in [6, 6.07) is 12.2. The van der Waals surface area contributed by atoms with Crippen molar-refractivity contribution in [2.45, 2.75) is 6.92 Å². The number of nitrogens with two attached hydrogens (primary N) is 1. The first-order valence-electron chi connectivity index (χ1n) is 8.26. The quantitative estimate of drug-likeness (QED) is 0.767. The van der Waals surface area contributed by atoms with Gasteiger partial charge in [0.1, 0.15) is 9.71 Å². The molecule has 2 aromatic heterocycles. The number of aromatic nitrogens is 1. The number of hydrogen-bond donors (Lipinski definition) is 1. The zero-order valence-electron chi connectivity index (χ0n) is 14.0. The highest BCUT2D eigenvalue weighted by Crippen LogP contribution is 2.35. The summed E-state index contributed by atoms with van der Waals surface area (Å²) in [6.07, 6.45) is 0. The van der Waals surface area contributed by atoms with Crippen LogP contribution in [0.2, 0.25) is 0 Å². The lowest BCUT2D eigenvalue weighted by Gasteiger charge is -2.26. The number of carbonyl (C=O) groups is 1. The molecule has 1 saturated heterocycles. The molecule has 1 aliphatic heterocycles. The number of nitrogen functional groups attached to an aromatic ring is 1. The Morgan fingerprint density at radius 1 is 1.16 bits per heavy atom. The van der Waals surface area contributed by atoms with E-state index in [2.05, 4.69) is 31.2 Å². The van der Waals surface area contributed by atoms with Gasteiger partial charge in [-0.3, -0.25) is 4.79 Å². The van der Waals surface area contributed by atoms with Crippen LogP contribution in [0, 0.1) is 6.92 Å². The van der Waals surface area contributed by atoms with Crippen LogP contribution in [0.1, 0.15) is 15.2 Å². The summed E-state index contributed by atoms with van der Waals surface area (Å²) in [7, 11) is 0. The molecule has 5 nitrogen and oxygen atoms in total. The van der Waals surface area contributed by atoms with Gasteiger partial charge >= 0.3 is 0 Å². The number of carbonyl (C=O) groups excluding carboxylic acids is 1. The molecule has 4 rings (SSSR count). The number of anilines is 1. The number of benzene rings is 1. The van der Waals surface area contributed by atoms with Gasteiger partial charge in [-0.05, 0) is 19.1 Å².